The van der Waals surface area contributed by atoms with Crippen LogP contribution in [-0.2, 0) is 4.79 Å². The first-order chi connectivity index (χ1) is 16.5. The van der Waals surface area contributed by atoms with Crippen molar-refractivity contribution in [2.45, 2.75) is 15.8 Å². The maximum absolute atomic E-state index is 12.5. The Morgan fingerprint density at radius 2 is 1.74 bits per heavy atom. The van der Waals surface area contributed by atoms with Gasteiger partial charge in [0.05, 0.1) is 12.9 Å². The number of alkyl halides is 2. The fraction of sp³-hybridized carbons (Fsp3) is 0.130. The van der Waals surface area contributed by atoms with Gasteiger partial charge >= 0.3 is 0 Å². The Kier molecular flexibility index (Phi) is 7.76. The summed E-state index contributed by atoms with van der Waals surface area (Å²) in [6.45, 7) is 0. The number of nitrogens with one attached hydrogen (secondary N) is 1. The van der Waals surface area contributed by atoms with Gasteiger partial charge in [-0.15, -0.1) is 10.2 Å². The van der Waals surface area contributed by atoms with E-state index in [-0.39, 0.29) is 11.7 Å². The van der Waals surface area contributed by atoms with Gasteiger partial charge in [-0.3, -0.25) is 14.3 Å². The maximum atomic E-state index is 12.5. The summed E-state index contributed by atoms with van der Waals surface area (Å²) < 4.78 is 32.0. The van der Waals surface area contributed by atoms with Gasteiger partial charge in [0.15, 0.2) is 11.0 Å². The summed E-state index contributed by atoms with van der Waals surface area (Å²) in [7, 11) is 1.60. The molecule has 0 spiro atoms. The highest BCUT2D eigenvalue weighted by Gasteiger charge is 2.17. The fourth-order valence-corrected chi connectivity index (χ4v) is 4.31. The van der Waals surface area contributed by atoms with E-state index in [1.807, 2.05) is 41.0 Å². The number of amides is 1. The van der Waals surface area contributed by atoms with E-state index in [1.54, 1.807) is 43.8 Å². The summed E-state index contributed by atoms with van der Waals surface area (Å²) in [5.41, 5.74) is 2.17. The summed E-state index contributed by atoms with van der Waals surface area (Å²) in [5.74, 6) is -1.33. The summed E-state index contributed by atoms with van der Waals surface area (Å²) in [5, 5.41) is 11.9. The number of hydrogen-bond acceptors (Lipinski definition) is 7. The molecule has 1 N–H and O–H groups in total. The van der Waals surface area contributed by atoms with Crippen molar-refractivity contribution in [3.8, 4) is 22.8 Å². The number of halogens is 2. The van der Waals surface area contributed by atoms with Gasteiger partial charge in [-0.05, 0) is 60.7 Å². The van der Waals surface area contributed by atoms with Crippen molar-refractivity contribution in [1.82, 2.24) is 19.7 Å². The number of pyridine rings is 1. The first-order valence-corrected chi connectivity index (χ1v) is 11.9. The number of carbonyl (C=O) groups excluding carboxylic acids is 1. The largest absolute Gasteiger partial charge is 0.497 e. The molecule has 4 aromatic rings. The minimum Gasteiger partial charge on any atom is -0.497 e. The predicted molar refractivity (Wildman–Crippen MR) is 129 cm³/mol. The summed E-state index contributed by atoms with van der Waals surface area (Å²) in [4.78, 5) is 17.0. The molecule has 0 fully saturated rings. The second-order valence-corrected chi connectivity index (χ2v) is 8.82. The highest BCUT2D eigenvalue weighted by atomic mass is 32.2. The zero-order valence-corrected chi connectivity index (χ0v) is 19.5. The van der Waals surface area contributed by atoms with Crippen molar-refractivity contribution in [3.63, 3.8) is 0 Å². The van der Waals surface area contributed by atoms with Crippen molar-refractivity contribution in [2.75, 3.05) is 18.2 Å². The second kappa shape index (κ2) is 11.1. The van der Waals surface area contributed by atoms with Crippen LogP contribution in [-0.4, -0.2) is 44.3 Å². The van der Waals surface area contributed by atoms with Gasteiger partial charge in [-0.25, -0.2) is 0 Å². The smallest absolute Gasteiger partial charge is 0.288 e. The first kappa shape index (κ1) is 23.7. The molecule has 34 heavy (non-hydrogen) atoms. The Morgan fingerprint density at radius 3 is 2.38 bits per heavy atom. The lowest BCUT2D eigenvalue weighted by atomic mass is 10.2. The molecule has 0 bridgehead atoms. The van der Waals surface area contributed by atoms with Crippen LogP contribution in [0.2, 0.25) is 0 Å². The van der Waals surface area contributed by atoms with E-state index in [1.165, 1.54) is 11.8 Å². The third kappa shape index (κ3) is 5.91. The minimum absolute atomic E-state index is 0.0815. The van der Waals surface area contributed by atoms with Gasteiger partial charge in [0.1, 0.15) is 5.75 Å². The molecule has 0 aliphatic heterocycles. The Bertz CT molecular complexity index is 1240. The molecule has 0 saturated heterocycles. The van der Waals surface area contributed by atoms with Gasteiger partial charge in [0, 0.05) is 34.2 Å². The van der Waals surface area contributed by atoms with Gasteiger partial charge in [0.2, 0.25) is 5.91 Å². The van der Waals surface area contributed by atoms with Crippen molar-refractivity contribution in [1.29, 1.82) is 0 Å². The van der Waals surface area contributed by atoms with E-state index >= 15 is 0 Å². The Labute approximate surface area is 203 Å². The maximum Gasteiger partial charge on any atom is 0.288 e. The molecule has 0 unspecified atom stereocenters. The Balaban J connectivity index is 1.51. The van der Waals surface area contributed by atoms with Crippen LogP contribution in [0.4, 0.5) is 14.5 Å². The third-order valence-electron chi connectivity index (χ3n) is 4.60. The molecule has 11 heteroatoms. The van der Waals surface area contributed by atoms with Crippen LogP contribution in [0.3, 0.4) is 0 Å². The van der Waals surface area contributed by atoms with Crippen LogP contribution in [0, 0.1) is 0 Å². The van der Waals surface area contributed by atoms with Crippen LogP contribution in [0.15, 0.2) is 83.1 Å². The van der Waals surface area contributed by atoms with Gasteiger partial charge in [0.25, 0.3) is 5.76 Å². The molecule has 0 aliphatic carbocycles. The SMILES string of the molecule is COc1ccc(-n2c(SCC(=O)Nc3ccc(SC(F)F)cc3)nnc2-c2ccncc2)cc1. The van der Waals surface area contributed by atoms with Crippen molar-refractivity contribution in [2.24, 2.45) is 0 Å². The molecular weight excluding hydrogens is 480 g/mol. The number of nitrogens with zero attached hydrogens (tertiary/aromatic N) is 4. The van der Waals surface area contributed by atoms with Crippen molar-refractivity contribution < 1.29 is 18.3 Å². The summed E-state index contributed by atoms with van der Waals surface area (Å²) in [6.07, 6.45) is 3.35. The lowest BCUT2D eigenvalue weighted by Crippen LogP contribution is -2.14. The molecule has 0 radical (unpaired) electrons. The number of benzene rings is 2. The monoisotopic (exact) mass is 499 g/mol. The molecule has 2 aromatic carbocycles. The summed E-state index contributed by atoms with van der Waals surface area (Å²) in [6, 6.07) is 17.4. The number of rotatable bonds is 9. The van der Waals surface area contributed by atoms with Crippen LogP contribution in [0.1, 0.15) is 0 Å². The molecule has 174 valence electrons. The molecule has 2 aromatic heterocycles. The number of methoxy groups -OCH3 is 1. The predicted octanol–water partition coefficient (Wildman–Crippen LogP) is 5.38. The highest BCUT2D eigenvalue weighted by molar-refractivity contribution is 8.00. The van der Waals surface area contributed by atoms with Crippen molar-refractivity contribution in [3.05, 3.63) is 73.1 Å². The molecule has 0 atom stereocenters. The van der Waals surface area contributed by atoms with Crippen LogP contribution >= 0.6 is 23.5 Å². The van der Waals surface area contributed by atoms with E-state index in [4.69, 9.17) is 4.74 Å². The van der Waals surface area contributed by atoms with Crippen molar-refractivity contribution >= 4 is 35.1 Å². The van der Waals surface area contributed by atoms with E-state index in [0.717, 1.165) is 11.3 Å². The topological polar surface area (TPSA) is 81.9 Å². The number of carbonyl (C=O) groups is 1. The number of hydrogen-bond donors (Lipinski definition) is 1. The number of anilines is 1. The van der Waals surface area contributed by atoms with Gasteiger partial charge in [-0.2, -0.15) is 8.78 Å². The summed E-state index contributed by atoms with van der Waals surface area (Å²) >= 11 is 1.69. The van der Waals surface area contributed by atoms with E-state index < -0.39 is 5.76 Å². The van der Waals surface area contributed by atoms with E-state index in [2.05, 4.69) is 20.5 Å². The molecule has 0 saturated carbocycles. The zero-order chi connectivity index (χ0) is 23.9. The zero-order valence-electron chi connectivity index (χ0n) is 17.9. The molecule has 7 nitrogen and oxygen atoms in total. The number of thioether (sulfide) groups is 2. The fourth-order valence-electron chi connectivity index (χ4n) is 3.06. The average Bonchev–Trinajstić information content (AvgIpc) is 3.28. The van der Waals surface area contributed by atoms with Crippen LogP contribution in [0.25, 0.3) is 17.1 Å². The third-order valence-corrected chi connectivity index (χ3v) is 6.25. The number of ether oxygens (including phenoxy) is 1. The standard InChI is InChI=1S/C23H19F2N5O2S2/c1-32-18-6-4-17(5-7-18)30-21(15-10-12-26-13-11-15)28-29-23(30)33-14-20(31)27-16-2-8-19(9-3-16)34-22(24)25/h2-13,22H,14H2,1H3,(H,27,31). The van der Waals surface area contributed by atoms with Crippen LogP contribution < -0.4 is 10.1 Å². The average molecular weight is 500 g/mol. The molecule has 4 rings (SSSR count). The Hall–Kier alpha value is -3.44. The van der Waals surface area contributed by atoms with Gasteiger partial charge < -0.3 is 10.1 Å². The lowest BCUT2D eigenvalue weighted by molar-refractivity contribution is -0.113. The van der Waals surface area contributed by atoms with Crippen LogP contribution in [0.5, 0.6) is 5.75 Å². The molecule has 2 heterocycles. The van der Waals surface area contributed by atoms with Gasteiger partial charge in [-0.1, -0.05) is 23.5 Å². The lowest BCUT2D eigenvalue weighted by Gasteiger charge is -2.11. The molecule has 0 aliphatic rings. The van der Waals surface area contributed by atoms with E-state index in [0.29, 0.717) is 39.1 Å². The molecule has 1 amide bonds. The normalized spacial score (nSPS) is 10.9. The quantitative estimate of drug-likeness (QED) is 0.310. The highest BCUT2D eigenvalue weighted by Crippen LogP contribution is 2.29. The minimum atomic E-state index is -2.49. The first-order valence-electron chi connectivity index (χ1n) is 10.0. The number of aromatic nitrogens is 4. The second-order valence-electron chi connectivity index (χ2n) is 6.82. The Morgan fingerprint density at radius 1 is 1.03 bits per heavy atom. The molecular formula is C23H19F2N5O2S2. The van der Waals surface area contributed by atoms with E-state index in [9.17, 15) is 13.6 Å².